The van der Waals surface area contributed by atoms with Crippen LogP contribution in [0.4, 0.5) is 0 Å². The lowest BCUT2D eigenvalue weighted by atomic mass is 10.1. The summed E-state index contributed by atoms with van der Waals surface area (Å²) in [6.07, 6.45) is -0.00799. The van der Waals surface area contributed by atoms with Crippen molar-refractivity contribution in [2.45, 2.75) is 13.0 Å². The van der Waals surface area contributed by atoms with Gasteiger partial charge in [-0.2, -0.15) is 0 Å². The molecule has 0 amide bonds. The lowest BCUT2D eigenvalue weighted by Crippen LogP contribution is -2.21. The van der Waals surface area contributed by atoms with Gasteiger partial charge in [0.2, 0.25) is 0 Å². The second kappa shape index (κ2) is 6.31. The first-order valence-electron chi connectivity index (χ1n) is 7.15. The van der Waals surface area contributed by atoms with E-state index in [-0.39, 0.29) is 6.10 Å². The topological polar surface area (TPSA) is 18.5 Å². The van der Waals surface area contributed by atoms with E-state index in [9.17, 15) is 0 Å². The Kier molecular flexibility index (Phi) is 4.06. The highest BCUT2D eigenvalue weighted by Gasteiger charge is 2.07. The fourth-order valence-electron chi connectivity index (χ4n) is 2.29. The van der Waals surface area contributed by atoms with E-state index in [2.05, 4.69) is 18.2 Å². The van der Waals surface area contributed by atoms with Crippen molar-refractivity contribution in [2.75, 3.05) is 6.61 Å². The molecule has 3 aromatic carbocycles. The van der Waals surface area contributed by atoms with Crippen molar-refractivity contribution in [3.05, 3.63) is 72.8 Å². The van der Waals surface area contributed by atoms with Gasteiger partial charge >= 0.3 is 0 Å². The Bertz CT molecular complexity index is 702. The van der Waals surface area contributed by atoms with Gasteiger partial charge in [0, 0.05) is 5.39 Å². The number of para-hydroxylation sites is 1. The van der Waals surface area contributed by atoms with Crippen LogP contribution in [0.3, 0.4) is 0 Å². The van der Waals surface area contributed by atoms with Crippen LogP contribution in [-0.2, 0) is 0 Å². The molecule has 0 heterocycles. The highest BCUT2D eigenvalue weighted by molar-refractivity contribution is 5.88. The first-order valence-corrected chi connectivity index (χ1v) is 7.15. The molecule has 106 valence electrons. The number of benzene rings is 3. The Morgan fingerprint density at radius 2 is 1.52 bits per heavy atom. The van der Waals surface area contributed by atoms with Crippen molar-refractivity contribution < 1.29 is 9.47 Å². The second-order valence-electron chi connectivity index (χ2n) is 5.03. The van der Waals surface area contributed by atoms with Gasteiger partial charge in [-0.3, -0.25) is 0 Å². The minimum absolute atomic E-state index is 0.00799. The summed E-state index contributed by atoms with van der Waals surface area (Å²) < 4.78 is 11.8. The van der Waals surface area contributed by atoms with Crippen LogP contribution in [0.1, 0.15) is 6.92 Å². The Labute approximate surface area is 124 Å². The van der Waals surface area contributed by atoms with Crippen molar-refractivity contribution in [3.8, 4) is 11.5 Å². The van der Waals surface area contributed by atoms with Crippen LogP contribution in [0.15, 0.2) is 72.8 Å². The predicted molar refractivity (Wildman–Crippen MR) is 86.0 cm³/mol. The van der Waals surface area contributed by atoms with Crippen LogP contribution in [0.2, 0.25) is 0 Å². The maximum absolute atomic E-state index is 5.93. The molecule has 1 unspecified atom stereocenters. The van der Waals surface area contributed by atoms with Gasteiger partial charge in [-0.25, -0.2) is 0 Å². The molecule has 0 radical (unpaired) electrons. The van der Waals surface area contributed by atoms with Crippen LogP contribution in [-0.4, -0.2) is 12.7 Å². The molecule has 0 bridgehead atoms. The molecule has 2 heteroatoms. The quantitative estimate of drug-likeness (QED) is 0.674. The third kappa shape index (κ3) is 3.34. The molecule has 1 atom stereocenters. The van der Waals surface area contributed by atoms with Gasteiger partial charge in [0.15, 0.2) is 0 Å². The monoisotopic (exact) mass is 278 g/mol. The number of hydrogen-bond donors (Lipinski definition) is 0. The van der Waals surface area contributed by atoms with E-state index in [0.717, 1.165) is 16.9 Å². The number of ether oxygens (including phenoxy) is 2. The molecule has 21 heavy (non-hydrogen) atoms. The highest BCUT2D eigenvalue weighted by atomic mass is 16.5. The van der Waals surface area contributed by atoms with Gasteiger partial charge in [0.1, 0.15) is 24.2 Å². The van der Waals surface area contributed by atoms with Gasteiger partial charge in [0.05, 0.1) is 0 Å². The Morgan fingerprint density at radius 1 is 0.810 bits per heavy atom. The predicted octanol–water partition coefficient (Wildman–Crippen LogP) is 4.69. The van der Waals surface area contributed by atoms with Crippen LogP contribution < -0.4 is 9.47 Å². The minimum atomic E-state index is -0.00799. The number of fused-ring (bicyclic) bond motifs is 1. The molecule has 0 spiro atoms. The van der Waals surface area contributed by atoms with Crippen molar-refractivity contribution in [1.82, 2.24) is 0 Å². The van der Waals surface area contributed by atoms with Crippen LogP contribution >= 0.6 is 0 Å². The van der Waals surface area contributed by atoms with E-state index in [1.54, 1.807) is 0 Å². The highest BCUT2D eigenvalue weighted by Crippen LogP contribution is 2.25. The van der Waals surface area contributed by atoms with Gasteiger partial charge in [-0.15, -0.1) is 0 Å². The van der Waals surface area contributed by atoms with Gasteiger partial charge in [-0.1, -0.05) is 54.6 Å². The van der Waals surface area contributed by atoms with E-state index in [4.69, 9.17) is 9.47 Å². The zero-order chi connectivity index (χ0) is 14.5. The zero-order valence-electron chi connectivity index (χ0n) is 12.0. The lowest BCUT2D eigenvalue weighted by molar-refractivity contribution is 0.144. The van der Waals surface area contributed by atoms with Crippen molar-refractivity contribution in [2.24, 2.45) is 0 Å². The summed E-state index contributed by atoms with van der Waals surface area (Å²) in [4.78, 5) is 0. The molecule has 0 aliphatic rings. The third-order valence-corrected chi connectivity index (χ3v) is 3.30. The average Bonchev–Trinajstić information content (AvgIpc) is 2.54. The first kappa shape index (κ1) is 13.5. The molecule has 0 saturated heterocycles. The summed E-state index contributed by atoms with van der Waals surface area (Å²) in [5, 5.41) is 2.32. The maximum atomic E-state index is 5.93. The van der Waals surface area contributed by atoms with E-state index in [1.807, 2.05) is 61.5 Å². The Balaban J connectivity index is 1.66. The standard InChI is InChI=1S/C19H18O2/c1-15(21-17-10-3-2-4-11-17)14-20-19-13-7-9-16-8-5-6-12-18(16)19/h2-13,15H,14H2,1H3. The van der Waals surface area contributed by atoms with Crippen molar-refractivity contribution in [1.29, 1.82) is 0 Å². The van der Waals surface area contributed by atoms with Crippen LogP contribution in [0, 0.1) is 0 Å². The SMILES string of the molecule is CC(COc1cccc2ccccc12)Oc1ccccc1. The molecule has 0 N–H and O–H groups in total. The second-order valence-corrected chi connectivity index (χ2v) is 5.03. The number of hydrogen-bond acceptors (Lipinski definition) is 2. The molecule has 0 aliphatic carbocycles. The summed E-state index contributed by atoms with van der Waals surface area (Å²) in [6.45, 7) is 2.53. The van der Waals surface area contributed by atoms with E-state index in [1.165, 1.54) is 5.39 Å². The Hall–Kier alpha value is -2.48. The van der Waals surface area contributed by atoms with Crippen LogP contribution in [0.5, 0.6) is 11.5 Å². The van der Waals surface area contributed by atoms with Crippen molar-refractivity contribution in [3.63, 3.8) is 0 Å². The van der Waals surface area contributed by atoms with Gasteiger partial charge < -0.3 is 9.47 Å². The molecule has 2 nitrogen and oxygen atoms in total. The van der Waals surface area contributed by atoms with Crippen LogP contribution in [0.25, 0.3) is 10.8 Å². The number of rotatable bonds is 5. The minimum Gasteiger partial charge on any atom is -0.489 e. The van der Waals surface area contributed by atoms with E-state index in [0.29, 0.717) is 6.61 Å². The summed E-state index contributed by atoms with van der Waals surface area (Å²) in [5.74, 6) is 1.77. The molecule has 0 fully saturated rings. The summed E-state index contributed by atoms with van der Waals surface area (Å²) in [5.41, 5.74) is 0. The third-order valence-electron chi connectivity index (χ3n) is 3.30. The summed E-state index contributed by atoms with van der Waals surface area (Å²) in [6, 6.07) is 24.1. The molecule has 3 aromatic rings. The molecular formula is C19H18O2. The van der Waals surface area contributed by atoms with Gasteiger partial charge in [-0.05, 0) is 30.5 Å². The van der Waals surface area contributed by atoms with E-state index >= 15 is 0 Å². The Morgan fingerprint density at radius 3 is 2.38 bits per heavy atom. The molecule has 3 rings (SSSR count). The zero-order valence-corrected chi connectivity index (χ0v) is 12.0. The molecular weight excluding hydrogens is 260 g/mol. The molecule has 0 aromatic heterocycles. The smallest absolute Gasteiger partial charge is 0.130 e. The molecule has 0 aliphatic heterocycles. The van der Waals surface area contributed by atoms with E-state index < -0.39 is 0 Å². The van der Waals surface area contributed by atoms with Gasteiger partial charge in [0.25, 0.3) is 0 Å². The lowest BCUT2D eigenvalue weighted by Gasteiger charge is -2.16. The molecule has 0 saturated carbocycles. The first-order chi connectivity index (χ1) is 10.3. The average molecular weight is 278 g/mol. The fourth-order valence-corrected chi connectivity index (χ4v) is 2.29. The summed E-state index contributed by atoms with van der Waals surface area (Å²) in [7, 11) is 0. The fraction of sp³-hybridized carbons (Fsp3) is 0.158. The van der Waals surface area contributed by atoms with Crippen molar-refractivity contribution >= 4 is 10.8 Å². The normalized spacial score (nSPS) is 12.0. The largest absolute Gasteiger partial charge is 0.489 e. The summed E-state index contributed by atoms with van der Waals surface area (Å²) >= 11 is 0. The maximum Gasteiger partial charge on any atom is 0.130 e.